The van der Waals surface area contributed by atoms with Crippen LogP contribution in [-0.4, -0.2) is 30.1 Å². The van der Waals surface area contributed by atoms with Crippen LogP contribution in [0.5, 0.6) is 0 Å². The minimum absolute atomic E-state index is 0.237. The number of cyclic esters (lactones) is 1. The molecule has 2 rings (SSSR count). The highest BCUT2D eigenvalue weighted by molar-refractivity contribution is 5.82. The second kappa shape index (κ2) is 4.03. The summed E-state index contributed by atoms with van der Waals surface area (Å²) in [6.07, 6.45) is 4.76. The Morgan fingerprint density at radius 3 is 2.88 bits per heavy atom. The molecule has 0 radical (unpaired) electrons. The van der Waals surface area contributed by atoms with E-state index in [0.29, 0.717) is 6.42 Å². The van der Waals surface area contributed by atoms with Crippen LogP contribution in [-0.2, 0) is 19.0 Å². The van der Waals surface area contributed by atoms with Gasteiger partial charge in [0.25, 0.3) is 0 Å². The molecule has 0 aromatic rings. The average molecular weight is 224 g/mol. The van der Waals surface area contributed by atoms with Crippen LogP contribution in [0, 0.1) is 0 Å². The first-order valence-corrected chi connectivity index (χ1v) is 5.37. The zero-order valence-electron chi connectivity index (χ0n) is 9.51. The zero-order chi connectivity index (χ0) is 11.8. The summed E-state index contributed by atoms with van der Waals surface area (Å²) in [6.45, 7) is 7.38. The number of ether oxygens (including phenoxy) is 3. The Kier molecular flexibility index (Phi) is 2.86. The molecular weight excluding hydrogens is 208 g/mol. The van der Waals surface area contributed by atoms with Crippen molar-refractivity contribution in [3.05, 3.63) is 24.8 Å². The highest BCUT2D eigenvalue weighted by Gasteiger charge is 2.45. The minimum atomic E-state index is -0.656. The van der Waals surface area contributed by atoms with Crippen molar-refractivity contribution in [3.8, 4) is 0 Å². The first kappa shape index (κ1) is 11.4. The lowest BCUT2D eigenvalue weighted by atomic mass is 10.0. The maximum Gasteiger partial charge on any atom is 0.330 e. The van der Waals surface area contributed by atoms with Gasteiger partial charge in [-0.2, -0.15) is 0 Å². The molecule has 88 valence electrons. The third-order valence-electron chi connectivity index (χ3n) is 2.65. The van der Waals surface area contributed by atoms with Gasteiger partial charge in [-0.25, -0.2) is 4.79 Å². The molecule has 1 saturated heterocycles. The summed E-state index contributed by atoms with van der Waals surface area (Å²) in [7, 11) is 0. The molecule has 0 saturated carbocycles. The normalized spacial score (nSPS) is 37.1. The Morgan fingerprint density at radius 2 is 2.25 bits per heavy atom. The van der Waals surface area contributed by atoms with Gasteiger partial charge in [-0.05, 0) is 13.8 Å². The lowest BCUT2D eigenvalue weighted by Gasteiger charge is -2.26. The first-order chi connectivity index (χ1) is 7.52. The lowest BCUT2D eigenvalue weighted by Crippen LogP contribution is -2.38. The molecule has 2 heterocycles. The Balaban J connectivity index is 2.11. The second-order valence-corrected chi connectivity index (χ2v) is 4.41. The largest absolute Gasteiger partial charge is 0.456 e. The molecule has 0 bridgehead atoms. The van der Waals surface area contributed by atoms with Crippen molar-refractivity contribution in [2.45, 2.75) is 44.4 Å². The van der Waals surface area contributed by atoms with Crippen LogP contribution < -0.4 is 0 Å². The van der Waals surface area contributed by atoms with Crippen molar-refractivity contribution in [3.63, 3.8) is 0 Å². The van der Waals surface area contributed by atoms with E-state index in [9.17, 15) is 4.79 Å². The summed E-state index contributed by atoms with van der Waals surface area (Å²) in [5.41, 5.74) is 0. The van der Waals surface area contributed by atoms with Gasteiger partial charge in [0.2, 0.25) is 0 Å². The van der Waals surface area contributed by atoms with Crippen molar-refractivity contribution < 1.29 is 19.0 Å². The molecule has 0 aromatic heterocycles. The van der Waals surface area contributed by atoms with Gasteiger partial charge in [0.05, 0.1) is 0 Å². The number of rotatable bonds is 2. The predicted molar refractivity (Wildman–Crippen MR) is 57.7 cm³/mol. The first-order valence-electron chi connectivity index (χ1n) is 5.37. The fourth-order valence-corrected chi connectivity index (χ4v) is 2.02. The quantitative estimate of drug-likeness (QED) is 0.527. The highest BCUT2D eigenvalue weighted by Crippen LogP contribution is 2.33. The summed E-state index contributed by atoms with van der Waals surface area (Å²) in [6, 6.07) is 0. The van der Waals surface area contributed by atoms with Gasteiger partial charge >= 0.3 is 5.97 Å². The summed E-state index contributed by atoms with van der Waals surface area (Å²) in [4.78, 5) is 11.2. The van der Waals surface area contributed by atoms with Gasteiger partial charge in [0.15, 0.2) is 5.79 Å². The molecule has 16 heavy (non-hydrogen) atoms. The number of hydrogen-bond acceptors (Lipinski definition) is 4. The minimum Gasteiger partial charge on any atom is -0.456 e. The van der Waals surface area contributed by atoms with E-state index in [1.165, 1.54) is 6.08 Å². The summed E-state index contributed by atoms with van der Waals surface area (Å²) in [5.74, 6) is -0.982. The number of carbonyl (C=O) groups is 1. The van der Waals surface area contributed by atoms with Gasteiger partial charge in [0, 0.05) is 12.5 Å². The summed E-state index contributed by atoms with van der Waals surface area (Å²) in [5, 5.41) is 0. The SMILES string of the molecule is C=C[C@H]1OC(C)(C)O[C@@H]1[C@H]1CC=CC(=O)O1. The smallest absolute Gasteiger partial charge is 0.330 e. The van der Waals surface area contributed by atoms with Crippen molar-refractivity contribution in [1.29, 1.82) is 0 Å². The molecule has 4 nitrogen and oxygen atoms in total. The van der Waals surface area contributed by atoms with Crippen LogP contribution in [0.25, 0.3) is 0 Å². The molecule has 0 aromatic carbocycles. The Bertz CT molecular complexity index is 332. The molecular formula is C12H16O4. The number of esters is 1. The molecule has 2 aliphatic heterocycles. The fraction of sp³-hybridized carbons (Fsp3) is 0.583. The van der Waals surface area contributed by atoms with Crippen molar-refractivity contribution in [1.82, 2.24) is 0 Å². The van der Waals surface area contributed by atoms with Crippen molar-refractivity contribution >= 4 is 5.97 Å². The van der Waals surface area contributed by atoms with Gasteiger partial charge in [-0.15, -0.1) is 6.58 Å². The van der Waals surface area contributed by atoms with Gasteiger partial charge < -0.3 is 14.2 Å². The highest BCUT2D eigenvalue weighted by atomic mass is 16.8. The molecule has 2 aliphatic rings. The van der Waals surface area contributed by atoms with Crippen LogP contribution in [0.15, 0.2) is 24.8 Å². The third kappa shape index (κ3) is 2.18. The molecule has 1 fully saturated rings. The topological polar surface area (TPSA) is 44.8 Å². The monoisotopic (exact) mass is 224 g/mol. The van der Waals surface area contributed by atoms with Crippen LogP contribution in [0.4, 0.5) is 0 Å². The molecule has 0 unspecified atom stereocenters. The van der Waals surface area contributed by atoms with E-state index >= 15 is 0 Å². The molecule has 0 aliphatic carbocycles. The fourth-order valence-electron chi connectivity index (χ4n) is 2.02. The Morgan fingerprint density at radius 1 is 1.50 bits per heavy atom. The molecule has 0 spiro atoms. The van der Waals surface area contributed by atoms with Crippen LogP contribution >= 0.6 is 0 Å². The van der Waals surface area contributed by atoms with Gasteiger partial charge in [-0.3, -0.25) is 0 Å². The van der Waals surface area contributed by atoms with E-state index in [1.54, 1.807) is 12.2 Å². The van der Waals surface area contributed by atoms with E-state index < -0.39 is 5.79 Å². The Hall–Kier alpha value is -1.13. The van der Waals surface area contributed by atoms with Crippen LogP contribution in [0.2, 0.25) is 0 Å². The van der Waals surface area contributed by atoms with Crippen LogP contribution in [0.1, 0.15) is 20.3 Å². The maximum absolute atomic E-state index is 11.2. The third-order valence-corrected chi connectivity index (χ3v) is 2.65. The lowest BCUT2D eigenvalue weighted by molar-refractivity contribution is -0.168. The summed E-state index contributed by atoms with van der Waals surface area (Å²) >= 11 is 0. The number of carbonyl (C=O) groups excluding carboxylic acids is 1. The molecule has 0 amide bonds. The Labute approximate surface area is 94.9 Å². The van der Waals surface area contributed by atoms with E-state index in [1.807, 2.05) is 13.8 Å². The maximum atomic E-state index is 11.2. The molecule has 0 N–H and O–H groups in total. The van der Waals surface area contributed by atoms with Gasteiger partial charge in [0.1, 0.15) is 18.3 Å². The number of hydrogen-bond donors (Lipinski definition) is 0. The average Bonchev–Trinajstić information content (AvgIpc) is 2.54. The molecule has 3 atom stereocenters. The predicted octanol–water partition coefficient (Wildman–Crippen LogP) is 1.56. The van der Waals surface area contributed by atoms with Crippen molar-refractivity contribution in [2.75, 3.05) is 0 Å². The zero-order valence-corrected chi connectivity index (χ0v) is 9.51. The van der Waals surface area contributed by atoms with Gasteiger partial charge in [-0.1, -0.05) is 12.2 Å². The van der Waals surface area contributed by atoms with Crippen molar-refractivity contribution in [2.24, 2.45) is 0 Å². The molecule has 4 heteroatoms. The second-order valence-electron chi connectivity index (χ2n) is 4.41. The van der Waals surface area contributed by atoms with E-state index in [2.05, 4.69) is 6.58 Å². The standard InChI is InChI=1S/C12H16O4/c1-4-8-11(16-12(2,3)15-8)9-6-5-7-10(13)14-9/h4-5,7-9,11H,1,6H2,2-3H3/t8-,9-,11+/m1/s1. The summed E-state index contributed by atoms with van der Waals surface area (Å²) < 4.78 is 16.6. The van der Waals surface area contributed by atoms with Crippen LogP contribution in [0.3, 0.4) is 0 Å². The van der Waals surface area contributed by atoms with E-state index in [0.717, 1.165) is 0 Å². The van der Waals surface area contributed by atoms with E-state index in [4.69, 9.17) is 14.2 Å². The van der Waals surface area contributed by atoms with E-state index in [-0.39, 0.29) is 24.3 Å².